The number of amides is 2. The van der Waals surface area contributed by atoms with Crippen LogP contribution in [0.3, 0.4) is 0 Å². The third kappa shape index (κ3) is 2.80. The van der Waals surface area contributed by atoms with E-state index in [4.69, 9.17) is 4.52 Å². The molecule has 1 aliphatic rings. The van der Waals surface area contributed by atoms with Gasteiger partial charge < -0.3 is 14.7 Å². The predicted octanol–water partition coefficient (Wildman–Crippen LogP) is -0.0437. The molecule has 1 atom stereocenters. The van der Waals surface area contributed by atoms with Crippen LogP contribution in [-0.4, -0.2) is 51.0 Å². The van der Waals surface area contributed by atoms with Crippen LogP contribution < -0.4 is 5.32 Å². The Bertz CT molecular complexity index is 685. The van der Waals surface area contributed by atoms with Crippen molar-refractivity contribution in [2.24, 2.45) is 0 Å². The Morgan fingerprint density at radius 2 is 2.36 bits per heavy atom. The summed E-state index contributed by atoms with van der Waals surface area (Å²) in [5, 5.41) is 6.45. The Kier molecular flexibility index (Phi) is 3.82. The first-order valence-corrected chi connectivity index (χ1v) is 6.94. The molecule has 114 valence electrons. The highest BCUT2D eigenvalue weighted by Crippen LogP contribution is 2.14. The van der Waals surface area contributed by atoms with Gasteiger partial charge >= 0.3 is 0 Å². The minimum atomic E-state index is -0.678. The topological polar surface area (TPSA) is 101 Å². The van der Waals surface area contributed by atoms with Gasteiger partial charge in [0.05, 0.1) is 6.42 Å². The fourth-order valence-electron chi connectivity index (χ4n) is 2.39. The largest absolute Gasteiger partial charge is 0.353 e. The zero-order valence-corrected chi connectivity index (χ0v) is 12.0. The summed E-state index contributed by atoms with van der Waals surface area (Å²) in [6.07, 6.45) is 1.73. The van der Waals surface area contributed by atoms with Gasteiger partial charge in [0.2, 0.25) is 11.8 Å². The lowest BCUT2D eigenvalue weighted by atomic mass is 10.1. The van der Waals surface area contributed by atoms with Crippen LogP contribution in [0.2, 0.25) is 0 Å². The van der Waals surface area contributed by atoms with Crippen LogP contribution >= 0.6 is 0 Å². The maximum atomic E-state index is 12.6. The molecule has 1 fully saturated rings. The van der Waals surface area contributed by atoms with Crippen molar-refractivity contribution in [2.75, 3.05) is 13.1 Å². The molecule has 3 heterocycles. The van der Waals surface area contributed by atoms with Gasteiger partial charge in [0.15, 0.2) is 5.82 Å². The molecule has 0 saturated carbocycles. The van der Waals surface area contributed by atoms with Crippen LogP contribution in [0.25, 0.3) is 0 Å². The summed E-state index contributed by atoms with van der Waals surface area (Å²) in [6.45, 7) is 2.53. The summed E-state index contributed by atoms with van der Waals surface area (Å²) >= 11 is 0. The number of pyridine rings is 1. The first-order chi connectivity index (χ1) is 10.6. The van der Waals surface area contributed by atoms with E-state index in [2.05, 4.69) is 20.4 Å². The smallest absolute Gasteiger partial charge is 0.273 e. The van der Waals surface area contributed by atoms with Gasteiger partial charge in [-0.05, 0) is 19.1 Å². The lowest BCUT2D eigenvalue weighted by molar-refractivity contribution is -0.128. The molecule has 1 N–H and O–H groups in total. The lowest BCUT2D eigenvalue weighted by Crippen LogP contribution is -2.58. The Morgan fingerprint density at radius 1 is 1.50 bits per heavy atom. The molecule has 0 aromatic carbocycles. The van der Waals surface area contributed by atoms with Gasteiger partial charge in [-0.15, -0.1) is 0 Å². The number of rotatable bonds is 3. The number of carbonyl (C=O) groups excluding carboxylic acids is 2. The number of nitrogens with one attached hydrogen (secondary N) is 1. The van der Waals surface area contributed by atoms with Crippen molar-refractivity contribution in [1.82, 2.24) is 25.3 Å². The van der Waals surface area contributed by atoms with Crippen molar-refractivity contribution in [1.29, 1.82) is 0 Å². The van der Waals surface area contributed by atoms with Crippen LogP contribution in [0.4, 0.5) is 0 Å². The first-order valence-electron chi connectivity index (χ1n) is 6.94. The average molecular weight is 301 g/mol. The Hall–Kier alpha value is -2.77. The van der Waals surface area contributed by atoms with E-state index >= 15 is 0 Å². The number of aromatic nitrogens is 3. The molecule has 0 aliphatic carbocycles. The number of hydrogen-bond acceptors (Lipinski definition) is 6. The SMILES string of the molecule is Cc1noc(CC2C(=O)NCCN2C(=O)c2ccccn2)n1. The van der Waals surface area contributed by atoms with Crippen LogP contribution in [0.15, 0.2) is 28.9 Å². The number of carbonyl (C=O) groups is 2. The van der Waals surface area contributed by atoms with Crippen molar-refractivity contribution < 1.29 is 14.1 Å². The van der Waals surface area contributed by atoms with Crippen LogP contribution in [0, 0.1) is 6.92 Å². The second-order valence-corrected chi connectivity index (χ2v) is 4.96. The van der Waals surface area contributed by atoms with Gasteiger partial charge in [0.25, 0.3) is 5.91 Å². The molecule has 2 aromatic rings. The van der Waals surface area contributed by atoms with E-state index in [1.54, 1.807) is 31.3 Å². The molecule has 8 heteroatoms. The average Bonchev–Trinajstić information content (AvgIpc) is 2.95. The predicted molar refractivity (Wildman–Crippen MR) is 74.8 cm³/mol. The Labute approximate surface area is 126 Å². The fraction of sp³-hybridized carbons (Fsp3) is 0.357. The lowest BCUT2D eigenvalue weighted by Gasteiger charge is -2.34. The molecular formula is C14H15N5O3. The summed E-state index contributed by atoms with van der Waals surface area (Å²) in [6, 6.07) is 4.42. The van der Waals surface area contributed by atoms with Crippen LogP contribution in [0.5, 0.6) is 0 Å². The Balaban J connectivity index is 1.83. The fourth-order valence-corrected chi connectivity index (χ4v) is 2.39. The van der Waals surface area contributed by atoms with Gasteiger partial charge in [-0.3, -0.25) is 14.6 Å². The summed E-state index contributed by atoms with van der Waals surface area (Å²) in [7, 11) is 0. The molecular weight excluding hydrogens is 286 g/mol. The van der Waals surface area contributed by atoms with Gasteiger partial charge in [0.1, 0.15) is 11.7 Å². The van der Waals surface area contributed by atoms with Crippen molar-refractivity contribution in [3.05, 3.63) is 41.8 Å². The van der Waals surface area contributed by atoms with Crippen molar-refractivity contribution in [2.45, 2.75) is 19.4 Å². The van der Waals surface area contributed by atoms with Crippen molar-refractivity contribution in [3.8, 4) is 0 Å². The summed E-state index contributed by atoms with van der Waals surface area (Å²) in [5.41, 5.74) is 0.309. The molecule has 3 rings (SSSR count). The van der Waals surface area contributed by atoms with E-state index in [0.717, 1.165) is 0 Å². The van der Waals surface area contributed by atoms with Crippen molar-refractivity contribution >= 4 is 11.8 Å². The number of hydrogen-bond donors (Lipinski definition) is 1. The highest BCUT2D eigenvalue weighted by Gasteiger charge is 2.35. The molecule has 0 spiro atoms. The molecule has 2 aromatic heterocycles. The highest BCUT2D eigenvalue weighted by atomic mass is 16.5. The first kappa shape index (κ1) is 14.2. The van der Waals surface area contributed by atoms with Gasteiger partial charge in [-0.25, -0.2) is 0 Å². The van der Waals surface area contributed by atoms with Crippen LogP contribution in [-0.2, 0) is 11.2 Å². The standard InChI is InChI=1S/C14H15N5O3/c1-9-17-12(22-18-9)8-11-13(20)16-6-7-19(11)14(21)10-4-2-3-5-15-10/h2-5,11H,6-8H2,1H3,(H,16,20). The molecule has 0 radical (unpaired) electrons. The second kappa shape index (κ2) is 5.92. The maximum absolute atomic E-state index is 12.6. The summed E-state index contributed by atoms with van der Waals surface area (Å²) in [5.74, 6) is 0.315. The zero-order chi connectivity index (χ0) is 15.5. The van der Waals surface area contributed by atoms with E-state index in [1.807, 2.05) is 0 Å². The molecule has 22 heavy (non-hydrogen) atoms. The van der Waals surface area contributed by atoms with E-state index in [-0.39, 0.29) is 18.2 Å². The second-order valence-electron chi connectivity index (χ2n) is 4.96. The maximum Gasteiger partial charge on any atom is 0.273 e. The minimum absolute atomic E-state index is 0.186. The normalized spacial score (nSPS) is 18.1. The molecule has 1 saturated heterocycles. The molecule has 1 aliphatic heterocycles. The van der Waals surface area contributed by atoms with Gasteiger partial charge in [-0.1, -0.05) is 11.2 Å². The third-order valence-electron chi connectivity index (χ3n) is 3.41. The number of aryl methyl sites for hydroxylation is 1. The van der Waals surface area contributed by atoms with Crippen LogP contribution in [0.1, 0.15) is 22.2 Å². The molecule has 1 unspecified atom stereocenters. The zero-order valence-electron chi connectivity index (χ0n) is 12.0. The van der Waals surface area contributed by atoms with Gasteiger partial charge in [0, 0.05) is 19.3 Å². The molecule has 2 amide bonds. The van der Waals surface area contributed by atoms with E-state index in [9.17, 15) is 9.59 Å². The molecule has 8 nitrogen and oxygen atoms in total. The molecule has 0 bridgehead atoms. The van der Waals surface area contributed by atoms with E-state index in [0.29, 0.717) is 30.5 Å². The van der Waals surface area contributed by atoms with E-state index < -0.39 is 6.04 Å². The highest BCUT2D eigenvalue weighted by molar-refractivity contribution is 5.96. The monoisotopic (exact) mass is 301 g/mol. The summed E-state index contributed by atoms with van der Waals surface area (Å²) in [4.78, 5) is 34.3. The van der Waals surface area contributed by atoms with E-state index in [1.165, 1.54) is 4.90 Å². The Morgan fingerprint density at radius 3 is 3.05 bits per heavy atom. The van der Waals surface area contributed by atoms with Crippen molar-refractivity contribution in [3.63, 3.8) is 0 Å². The third-order valence-corrected chi connectivity index (χ3v) is 3.41. The number of nitrogens with zero attached hydrogens (tertiary/aromatic N) is 4. The number of piperazine rings is 1. The van der Waals surface area contributed by atoms with Gasteiger partial charge in [-0.2, -0.15) is 4.98 Å². The quantitative estimate of drug-likeness (QED) is 0.853. The summed E-state index contributed by atoms with van der Waals surface area (Å²) < 4.78 is 5.05. The minimum Gasteiger partial charge on any atom is -0.353 e.